The SMILES string of the molecule is C=C[C@]1(COC(=O)/C(C)=C\C)CCC2=C(C)C(=O)O[C@@H]2[C@H]1C(=C)C. The fraction of sp³-hybridized carbons (Fsp3) is 0.500. The van der Waals surface area contributed by atoms with E-state index in [0.29, 0.717) is 11.1 Å². The highest BCUT2D eigenvalue weighted by Gasteiger charge is 2.51. The Labute approximate surface area is 143 Å². The molecular weight excluding hydrogens is 304 g/mol. The Morgan fingerprint density at radius 2 is 2.12 bits per heavy atom. The first-order valence-corrected chi connectivity index (χ1v) is 8.27. The first-order valence-electron chi connectivity index (χ1n) is 8.27. The first-order chi connectivity index (χ1) is 11.3. The van der Waals surface area contributed by atoms with Crippen molar-refractivity contribution in [3.05, 3.63) is 47.6 Å². The van der Waals surface area contributed by atoms with Gasteiger partial charge in [-0.15, -0.1) is 6.58 Å². The second-order valence-corrected chi connectivity index (χ2v) is 6.79. The second-order valence-electron chi connectivity index (χ2n) is 6.79. The molecule has 1 fully saturated rings. The molecule has 1 aliphatic heterocycles. The van der Waals surface area contributed by atoms with Crippen molar-refractivity contribution in [2.45, 2.75) is 46.6 Å². The molecule has 0 aromatic carbocycles. The molecule has 0 aromatic rings. The summed E-state index contributed by atoms with van der Waals surface area (Å²) in [6, 6.07) is 0. The van der Waals surface area contributed by atoms with E-state index in [9.17, 15) is 9.59 Å². The summed E-state index contributed by atoms with van der Waals surface area (Å²) in [5.74, 6) is -0.734. The number of allylic oxidation sites excluding steroid dienone is 1. The van der Waals surface area contributed by atoms with Crippen LogP contribution in [0.4, 0.5) is 0 Å². The average Bonchev–Trinajstić information content (AvgIpc) is 2.85. The van der Waals surface area contributed by atoms with Gasteiger partial charge >= 0.3 is 11.9 Å². The van der Waals surface area contributed by atoms with Gasteiger partial charge in [0, 0.05) is 22.5 Å². The molecule has 0 radical (unpaired) electrons. The predicted octanol–water partition coefficient (Wildman–Crippen LogP) is 3.90. The van der Waals surface area contributed by atoms with Crippen LogP contribution in [0.25, 0.3) is 0 Å². The maximum Gasteiger partial charge on any atom is 0.334 e. The molecular formula is C20H26O4. The molecule has 0 saturated heterocycles. The third-order valence-electron chi connectivity index (χ3n) is 5.31. The zero-order chi connectivity index (χ0) is 18.1. The molecule has 2 aliphatic rings. The highest BCUT2D eigenvalue weighted by Crippen LogP contribution is 2.51. The Morgan fingerprint density at radius 3 is 2.67 bits per heavy atom. The van der Waals surface area contributed by atoms with Gasteiger partial charge < -0.3 is 9.47 Å². The normalized spacial score (nSPS) is 29.8. The van der Waals surface area contributed by atoms with Crippen LogP contribution in [0.1, 0.15) is 40.5 Å². The molecule has 1 saturated carbocycles. The van der Waals surface area contributed by atoms with Crippen LogP contribution in [0.15, 0.2) is 47.6 Å². The maximum absolute atomic E-state index is 12.0. The number of fused-ring (bicyclic) bond motifs is 1. The lowest BCUT2D eigenvalue weighted by molar-refractivity contribution is -0.149. The molecule has 1 heterocycles. The summed E-state index contributed by atoms with van der Waals surface area (Å²) in [4.78, 5) is 24.0. The molecule has 1 aliphatic carbocycles. The minimum Gasteiger partial charge on any atom is -0.461 e. The summed E-state index contributed by atoms with van der Waals surface area (Å²) >= 11 is 0. The van der Waals surface area contributed by atoms with Crippen molar-refractivity contribution < 1.29 is 19.1 Å². The van der Waals surface area contributed by atoms with Crippen LogP contribution in [0.5, 0.6) is 0 Å². The molecule has 24 heavy (non-hydrogen) atoms. The van der Waals surface area contributed by atoms with Gasteiger partial charge in [0.1, 0.15) is 12.7 Å². The van der Waals surface area contributed by atoms with Crippen LogP contribution in [-0.2, 0) is 19.1 Å². The molecule has 0 spiro atoms. The highest BCUT2D eigenvalue weighted by molar-refractivity contribution is 5.92. The van der Waals surface area contributed by atoms with Crippen molar-refractivity contribution in [3.63, 3.8) is 0 Å². The molecule has 0 aromatic heterocycles. The van der Waals surface area contributed by atoms with Gasteiger partial charge in [-0.2, -0.15) is 0 Å². The highest BCUT2D eigenvalue weighted by atomic mass is 16.6. The summed E-state index contributed by atoms with van der Waals surface area (Å²) in [5, 5.41) is 0. The Hall–Kier alpha value is -2.10. The number of ether oxygens (including phenoxy) is 2. The minimum absolute atomic E-state index is 0.140. The standard InChI is InChI=1S/C20H26O4/c1-7-13(5)18(21)23-11-20(8-2)10-9-15-14(6)19(22)24-17(15)16(20)12(3)4/h7-8,16-17H,2-3,9-11H2,1,4-6H3/b13-7-/t16-,17+,20-/m1/s1. The third-order valence-corrected chi connectivity index (χ3v) is 5.31. The quantitative estimate of drug-likeness (QED) is 0.436. The molecule has 4 nitrogen and oxygen atoms in total. The van der Waals surface area contributed by atoms with Crippen LogP contribution >= 0.6 is 0 Å². The fourth-order valence-corrected chi connectivity index (χ4v) is 3.67. The summed E-state index contributed by atoms with van der Waals surface area (Å²) in [5.41, 5.74) is 2.74. The van der Waals surface area contributed by atoms with Gasteiger partial charge in [-0.1, -0.05) is 24.3 Å². The van der Waals surface area contributed by atoms with E-state index in [4.69, 9.17) is 9.47 Å². The topological polar surface area (TPSA) is 52.6 Å². The number of rotatable bonds is 5. The van der Waals surface area contributed by atoms with Gasteiger partial charge in [0.05, 0.1) is 0 Å². The van der Waals surface area contributed by atoms with Crippen molar-refractivity contribution in [1.82, 2.24) is 0 Å². The fourth-order valence-electron chi connectivity index (χ4n) is 3.67. The van der Waals surface area contributed by atoms with Crippen molar-refractivity contribution in [1.29, 1.82) is 0 Å². The summed E-state index contributed by atoms with van der Waals surface area (Å²) in [6.45, 7) is 15.5. The lowest BCUT2D eigenvalue weighted by Gasteiger charge is -2.45. The molecule has 0 bridgehead atoms. The van der Waals surface area contributed by atoms with E-state index < -0.39 is 5.41 Å². The predicted molar refractivity (Wildman–Crippen MR) is 93.1 cm³/mol. The van der Waals surface area contributed by atoms with Gasteiger partial charge in [0.15, 0.2) is 0 Å². The van der Waals surface area contributed by atoms with Crippen molar-refractivity contribution in [2.75, 3.05) is 6.61 Å². The van der Waals surface area contributed by atoms with E-state index in [1.807, 2.05) is 19.9 Å². The maximum atomic E-state index is 12.0. The monoisotopic (exact) mass is 330 g/mol. The molecule has 0 unspecified atom stereocenters. The zero-order valence-corrected chi connectivity index (χ0v) is 15.0. The van der Waals surface area contributed by atoms with E-state index in [-0.39, 0.29) is 30.6 Å². The molecule has 0 amide bonds. The molecule has 3 atom stereocenters. The molecule has 130 valence electrons. The summed E-state index contributed by atoms with van der Waals surface area (Å²) in [7, 11) is 0. The number of carbonyl (C=O) groups excluding carboxylic acids is 2. The van der Waals surface area contributed by atoms with Crippen molar-refractivity contribution in [2.24, 2.45) is 11.3 Å². The van der Waals surface area contributed by atoms with E-state index in [2.05, 4.69) is 13.2 Å². The van der Waals surface area contributed by atoms with Crippen LogP contribution in [0.3, 0.4) is 0 Å². The minimum atomic E-state index is -0.478. The summed E-state index contributed by atoms with van der Waals surface area (Å²) < 4.78 is 11.1. The number of hydrogen-bond acceptors (Lipinski definition) is 4. The van der Waals surface area contributed by atoms with Gasteiger partial charge in [0.25, 0.3) is 0 Å². The van der Waals surface area contributed by atoms with E-state index >= 15 is 0 Å². The Kier molecular flexibility index (Phi) is 5.16. The second kappa shape index (κ2) is 6.80. The van der Waals surface area contributed by atoms with Crippen molar-refractivity contribution >= 4 is 11.9 Å². The van der Waals surface area contributed by atoms with E-state index in [1.54, 1.807) is 19.9 Å². The smallest absolute Gasteiger partial charge is 0.334 e. The van der Waals surface area contributed by atoms with E-state index in [0.717, 1.165) is 24.0 Å². The Balaban J connectivity index is 2.32. The van der Waals surface area contributed by atoms with Crippen LogP contribution in [0, 0.1) is 11.3 Å². The average molecular weight is 330 g/mol. The Morgan fingerprint density at radius 1 is 1.46 bits per heavy atom. The molecule has 2 rings (SSSR count). The number of hydrogen-bond donors (Lipinski definition) is 0. The van der Waals surface area contributed by atoms with Gasteiger partial charge in [0.2, 0.25) is 0 Å². The van der Waals surface area contributed by atoms with Crippen molar-refractivity contribution in [3.8, 4) is 0 Å². The lowest BCUT2D eigenvalue weighted by atomic mass is 9.61. The van der Waals surface area contributed by atoms with Crippen LogP contribution in [-0.4, -0.2) is 24.6 Å². The number of esters is 2. The third kappa shape index (κ3) is 2.97. The first kappa shape index (κ1) is 18.2. The number of carbonyl (C=O) groups is 2. The largest absolute Gasteiger partial charge is 0.461 e. The molecule has 0 N–H and O–H groups in total. The summed E-state index contributed by atoms with van der Waals surface area (Å²) in [6.07, 6.45) is 4.71. The van der Waals surface area contributed by atoms with Gasteiger partial charge in [-0.05, 0) is 46.1 Å². The van der Waals surface area contributed by atoms with Gasteiger partial charge in [-0.3, -0.25) is 0 Å². The van der Waals surface area contributed by atoms with Gasteiger partial charge in [-0.25, -0.2) is 9.59 Å². The van der Waals surface area contributed by atoms with E-state index in [1.165, 1.54) is 0 Å². The van der Waals surface area contributed by atoms with Crippen LogP contribution < -0.4 is 0 Å². The van der Waals surface area contributed by atoms with Crippen LogP contribution in [0.2, 0.25) is 0 Å². The lowest BCUT2D eigenvalue weighted by Crippen LogP contribution is -2.46. The molecule has 4 heteroatoms. The zero-order valence-electron chi connectivity index (χ0n) is 15.0. The Bertz CT molecular complexity index is 653.